The molecule has 8 heteroatoms. The van der Waals surface area contributed by atoms with Crippen molar-refractivity contribution < 1.29 is 28.3 Å². The van der Waals surface area contributed by atoms with Crippen molar-refractivity contribution in [2.45, 2.75) is 32.6 Å². The molecule has 1 aliphatic carbocycles. The Morgan fingerprint density at radius 3 is 2.10 bits per heavy atom. The van der Waals surface area contributed by atoms with Crippen LogP contribution in [-0.4, -0.2) is 36.5 Å². The van der Waals surface area contributed by atoms with Crippen molar-refractivity contribution in [1.29, 1.82) is 0 Å². The molecule has 40 heavy (non-hydrogen) atoms. The molecule has 7 nitrogen and oxygen atoms in total. The summed E-state index contributed by atoms with van der Waals surface area (Å²) in [5.74, 6) is 1.28. The number of aromatic nitrogens is 1. The standard InChI is InChI=1S/C32H29FN2O5/c1-20(35-39-3)25-18-26-27(19-29(25)38-2)34-15-12-28(26)40-24-10-6-22(7-11-24)17-31(37)32(13-14-32)30(36)16-21-4-8-23(33)9-5-21/h4-12,15,18-19H,13-14,16-17H2,1-3H3/b35-20-. The van der Waals surface area contributed by atoms with Crippen LogP contribution >= 0.6 is 0 Å². The average molecular weight is 541 g/mol. The second-order valence-corrected chi connectivity index (χ2v) is 9.89. The minimum atomic E-state index is -0.928. The molecule has 0 amide bonds. The fraction of sp³-hybridized carbons (Fsp3) is 0.250. The van der Waals surface area contributed by atoms with E-state index in [0.717, 1.165) is 16.5 Å². The van der Waals surface area contributed by atoms with E-state index in [9.17, 15) is 14.0 Å². The molecule has 1 aliphatic rings. The Bertz CT molecular complexity index is 1590. The van der Waals surface area contributed by atoms with Crippen LogP contribution in [0.2, 0.25) is 0 Å². The van der Waals surface area contributed by atoms with Gasteiger partial charge in [-0.3, -0.25) is 14.6 Å². The molecule has 0 radical (unpaired) electrons. The van der Waals surface area contributed by atoms with Crippen LogP contribution in [-0.2, 0) is 27.3 Å². The molecule has 0 bridgehead atoms. The highest BCUT2D eigenvalue weighted by Crippen LogP contribution is 2.49. The Balaban J connectivity index is 1.30. The fourth-order valence-corrected chi connectivity index (χ4v) is 4.83. The molecule has 0 unspecified atom stereocenters. The van der Waals surface area contributed by atoms with Gasteiger partial charge in [0.05, 0.1) is 23.8 Å². The molecule has 1 saturated carbocycles. The summed E-state index contributed by atoms with van der Waals surface area (Å²) in [4.78, 5) is 35.5. The minimum Gasteiger partial charge on any atom is -0.496 e. The lowest BCUT2D eigenvalue weighted by atomic mass is 9.88. The van der Waals surface area contributed by atoms with Crippen molar-refractivity contribution in [3.05, 3.63) is 95.4 Å². The van der Waals surface area contributed by atoms with Gasteiger partial charge in [0.25, 0.3) is 0 Å². The third kappa shape index (κ3) is 5.57. The molecule has 0 N–H and O–H groups in total. The number of Topliss-reactive ketones (excluding diaryl/α,β-unsaturated/α-hetero) is 2. The van der Waals surface area contributed by atoms with E-state index in [0.29, 0.717) is 46.9 Å². The number of carbonyl (C=O) groups excluding carboxylic acids is 2. The Morgan fingerprint density at radius 2 is 1.52 bits per heavy atom. The number of oxime groups is 1. The largest absolute Gasteiger partial charge is 0.496 e. The molecular weight excluding hydrogens is 511 g/mol. The Morgan fingerprint density at radius 1 is 0.900 bits per heavy atom. The summed E-state index contributed by atoms with van der Waals surface area (Å²) in [6, 6.07) is 18.6. The maximum Gasteiger partial charge on any atom is 0.150 e. The Hall–Kier alpha value is -4.59. The Labute approximate surface area is 231 Å². The molecule has 0 spiro atoms. The number of rotatable bonds is 11. The quantitative estimate of drug-likeness (QED) is 0.127. The maximum absolute atomic E-state index is 13.2. The average Bonchev–Trinajstić information content (AvgIpc) is 3.77. The van der Waals surface area contributed by atoms with Crippen molar-refractivity contribution >= 4 is 28.2 Å². The number of methoxy groups -OCH3 is 1. The molecule has 1 heterocycles. The smallest absolute Gasteiger partial charge is 0.150 e. The highest BCUT2D eigenvalue weighted by Gasteiger charge is 2.54. The van der Waals surface area contributed by atoms with Gasteiger partial charge >= 0.3 is 0 Å². The van der Waals surface area contributed by atoms with Gasteiger partial charge in [-0.05, 0) is 67.3 Å². The van der Waals surface area contributed by atoms with Gasteiger partial charge in [-0.25, -0.2) is 4.39 Å². The summed E-state index contributed by atoms with van der Waals surface area (Å²) in [7, 11) is 3.07. The van der Waals surface area contributed by atoms with Crippen LogP contribution in [0.15, 0.2) is 78.1 Å². The minimum absolute atomic E-state index is 0.0806. The summed E-state index contributed by atoms with van der Waals surface area (Å²) in [6.07, 6.45) is 3.07. The molecule has 4 aromatic rings. The SMILES string of the molecule is CO/N=C(/C)c1cc2c(Oc3ccc(CC(=O)C4(C(=O)Cc5ccc(F)cc5)CC4)cc3)ccnc2cc1OC. The third-order valence-corrected chi connectivity index (χ3v) is 7.25. The molecule has 1 fully saturated rings. The maximum atomic E-state index is 13.2. The predicted octanol–water partition coefficient (Wildman–Crippen LogP) is 6.25. The van der Waals surface area contributed by atoms with Crippen LogP contribution < -0.4 is 9.47 Å². The van der Waals surface area contributed by atoms with E-state index in [1.807, 2.05) is 31.2 Å². The van der Waals surface area contributed by atoms with E-state index < -0.39 is 5.41 Å². The lowest BCUT2D eigenvalue weighted by Crippen LogP contribution is -2.28. The molecular formula is C32H29FN2O5. The molecule has 1 aromatic heterocycles. The van der Waals surface area contributed by atoms with Crippen LogP contribution in [0.4, 0.5) is 4.39 Å². The predicted molar refractivity (Wildman–Crippen MR) is 150 cm³/mol. The van der Waals surface area contributed by atoms with Gasteiger partial charge in [0, 0.05) is 36.1 Å². The summed E-state index contributed by atoms with van der Waals surface area (Å²) in [5, 5.41) is 4.80. The van der Waals surface area contributed by atoms with E-state index in [-0.39, 0.29) is 30.2 Å². The van der Waals surface area contributed by atoms with Crippen LogP contribution in [0.1, 0.15) is 36.5 Å². The summed E-state index contributed by atoms with van der Waals surface area (Å²) < 4.78 is 24.9. The topological polar surface area (TPSA) is 87.1 Å². The number of hydrogen-bond acceptors (Lipinski definition) is 7. The Kier molecular flexibility index (Phi) is 7.60. The van der Waals surface area contributed by atoms with Gasteiger partial charge in [0.1, 0.15) is 30.2 Å². The molecule has 0 saturated heterocycles. The first-order valence-corrected chi connectivity index (χ1v) is 13.0. The van der Waals surface area contributed by atoms with Crippen molar-refractivity contribution in [2.24, 2.45) is 10.6 Å². The molecule has 204 valence electrons. The zero-order valence-corrected chi connectivity index (χ0v) is 22.6. The fourth-order valence-electron chi connectivity index (χ4n) is 4.83. The van der Waals surface area contributed by atoms with Gasteiger partial charge in [0.2, 0.25) is 0 Å². The number of benzene rings is 3. The first-order chi connectivity index (χ1) is 19.3. The van der Waals surface area contributed by atoms with E-state index in [4.69, 9.17) is 14.3 Å². The van der Waals surface area contributed by atoms with E-state index in [2.05, 4.69) is 10.1 Å². The highest BCUT2D eigenvalue weighted by molar-refractivity contribution is 6.11. The van der Waals surface area contributed by atoms with Crippen molar-refractivity contribution in [1.82, 2.24) is 4.98 Å². The first-order valence-electron chi connectivity index (χ1n) is 13.0. The van der Waals surface area contributed by atoms with Crippen LogP contribution in [0.5, 0.6) is 17.2 Å². The zero-order chi connectivity index (χ0) is 28.3. The molecule has 0 atom stereocenters. The van der Waals surface area contributed by atoms with Crippen LogP contribution in [0.25, 0.3) is 10.9 Å². The number of pyridine rings is 1. The van der Waals surface area contributed by atoms with Crippen molar-refractivity contribution in [3.63, 3.8) is 0 Å². The van der Waals surface area contributed by atoms with E-state index >= 15 is 0 Å². The molecule has 5 rings (SSSR count). The van der Waals surface area contributed by atoms with Gasteiger partial charge in [-0.15, -0.1) is 0 Å². The van der Waals surface area contributed by atoms with Crippen LogP contribution in [0.3, 0.4) is 0 Å². The number of ether oxygens (including phenoxy) is 2. The van der Waals surface area contributed by atoms with Gasteiger partial charge in [-0.2, -0.15) is 0 Å². The number of carbonyl (C=O) groups is 2. The van der Waals surface area contributed by atoms with Gasteiger partial charge in [0.15, 0.2) is 11.6 Å². The number of ketones is 2. The monoisotopic (exact) mass is 540 g/mol. The summed E-state index contributed by atoms with van der Waals surface area (Å²) in [5.41, 5.74) is 2.69. The second-order valence-electron chi connectivity index (χ2n) is 9.89. The number of nitrogens with zero attached hydrogens (tertiary/aromatic N) is 2. The van der Waals surface area contributed by atoms with Crippen LogP contribution in [0, 0.1) is 11.2 Å². The first kappa shape index (κ1) is 27.0. The van der Waals surface area contributed by atoms with Gasteiger partial charge in [-0.1, -0.05) is 29.4 Å². The zero-order valence-electron chi connectivity index (χ0n) is 22.6. The second kappa shape index (κ2) is 11.3. The third-order valence-electron chi connectivity index (χ3n) is 7.25. The van der Waals surface area contributed by atoms with E-state index in [1.165, 1.54) is 19.2 Å². The lowest BCUT2D eigenvalue weighted by molar-refractivity contribution is -0.133. The number of halogens is 1. The lowest BCUT2D eigenvalue weighted by Gasteiger charge is -2.14. The summed E-state index contributed by atoms with van der Waals surface area (Å²) >= 11 is 0. The number of hydrogen-bond donors (Lipinski definition) is 0. The van der Waals surface area contributed by atoms with Crippen molar-refractivity contribution in [2.75, 3.05) is 14.2 Å². The summed E-state index contributed by atoms with van der Waals surface area (Å²) in [6.45, 7) is 1.83. The number of fused-ring (bicyclic) bond motifs is 1. The highest BCUT2D eigenvalue weighted by atomic mass is 19.1. The van der Waals surface area contributed by atoms with E-state index in [1.54, 1.807) is 43.6 Å². The normalized spacial score (nSPS) is 14.1. The molecule has 3 aromatic carbocycles. The van der Waals surface area contributed by atoms with Gasteiger partial charge < -0.3 is 14.3 Å². The molecule has 0 aliphatic heterocycles. The van der Waals surface area contributed by atoms with Crippen molar-refractivity contribution in [3.8, 4) is 17.2 Å².